The van der Waals surface area contributed by atoms with Crippen molar-refractivity contribution in [2.45, 2.75) is 32.2 Å². The highest BCUT2D eigenvalue weighted by atomic mass is 15.1. The number of nitrogens with two attached hydrogens (primary N) is 1. The average Bonchev–Trinajstić information content (AvgIpc) is 2.35. The van der Waals surface area contributed by atoms with E-state index in [-0.39, 0.29) is 0 Å². The minimum absolute atomic E-state index is 0.417. The van der Waals surface area contributed by atoms with Crippen molar-refractivity contribution >= 4 is 0 Å². The molecule has 1 fully saturated rings. The molecule has 1 aromatic rings. The number of rotatable bonds is 4. The Kier molecular flexibility index (Phi) is 4.57. The van der Waals surface area contributed by atoms with Gasteiger partial charge in [-0.05, 0) is 43.8 Å². The van der Waals surface area contributed by atoms with Gasteiger partial charge in [0.2, 0.25) is 0 Å². The van der Waals surface area contributed by atoms with Crippen molar-refractivity contribution in [3.05, 3.63) is 35.9 Å². The van der Waals surface area contributed by atoms with E-state index in [1.807, 2.05) is 0 Å². The van der Waals surface area contributed by atoms with Gasteiger partial charge >= 0.3 is 0 Å². The van der Waals surface area contributed by atoms with Gasteiger partial charge in [-0.3, -0.25) is 0 Å². The zero-order valence-electron chi connectivity index (χ0n) is 10.8. The van der Waals surface area contributed by atoms with E-state index in [1.54, 1.807) is 0 Å². The van der Waals surface area contributed by atoms with Crippen molar-refractivity contribution < 1.29 is 0 Å². The topological polar surface area (TPSA) is 29.3 Å². The number of piperidine rings is 1. The molecule has 1 aromatic carbocycles. The second-order valence-corrected chi connectivity index (χ2v) is 5.32. The maximum atomic E-state index is 6.03. The summed E-state index contributed by atoms with van der Waals surface area (Å²) in [4.78, 5) is 2.57. The van der Waals surface area contributed by atoms with Crippen LogP contribution in [-0.4, -0.2) is 30.6 Å². The molecule has 0 bridgehead atoms. The Labute approximate surface area is 105 Å². The molecule has 1 saturated heterocycles. The van der Waals surface area contributed by atoms with E-state index in [0.29, 0.717) is 12.0 Å². The van der Waals surface area contributed by atoms with E-state index in [0.717, 1.165) is 6.42 Å². The molecule has 2 nitrogen and oxygen atoms in total. The lowest BCUT2D eigenvalue weighted by atomic mass is 9.94. The second kappa shape index (κ2) is 6.18. The molecule has 17 heavy (non-hydrogen) atoms. The summed E-state index contributed by atoms with van der Waals surface area (Å²) in [5.41, 5.74) is 7.49. The molecule has 0 saturated carbocycles. The van der Waals surface area contributed by atoms with E-state index in [1.165, 1.54) is 38.0 Å². The van der Waals surface area contributed by atoms with Crippen LogP contribution in [0.5, 0.6) is 0 Å². The van der Waals surface area contributed by atoms with Crippen molar-refractivity contribution in [2.24, 2.45) is 11.7 Å². The third kappa shape index (κ3) is 3.83. The van der Waals surface area contributed by atoms with Crippen LogP contribution in [0.25, 0.3) is 0 Å². The molecule has 2 unspecified atom stereocenters. The third-order valence-electron chi connectivity index (χ3n) is 3.84. The molecule has 0 amide bonds. The lowest BCUT2D eigenvalue weighted by Gasteiger charge is -2.35. The molecule has 94 valence electrons. The number of hydrogen-bond acceptors (Lipinski definition) is 2. The van der Waals surface area contributed by atoms with Gasteiger partial charge in [-0.2, -0.15) is 0 Å². The first-order chi connectivity index (χ1) is 8.25. The number of likely N-dealkylation sites (tertiary alicyclic amines) is 1. The Balaban J connectivity index is 1.69. The summed E-state index contributed by atoms with van der Waals surface area (Å²) in [7, 11) is 0. The summed E-state index contributed by atoms with van der Waals surface area (Å²) in [5.74, 6) is 0.653. The molecule has 2 atom stereocenters. The summed E-state index contributed by atoms with van der Waals surface area (Å²) < 4.78 is 0. The fraction of sp³-hybridized carbons (Fsp3) is 0.600. The number of benzene rings is 1. The molecular formula is C15H24N2. The van der Waals surface area contributed by atoms with Crippen molar-refractivity contribution in [3.8, 4) is 0 Å². The molecule has 0 spiro atoms. The maximum Gasteiger partial charge on any atom is 0.00889 e. The molecule has 1 aliphatic heterocycles. The Bertz CT molecular complexity index is 323. The fourth-order valence-electron chi connectivity index (χ4n) is 2.60. The van der Waals surface area contributed by atoms with Crippen LogP contribution in [0.3, 0.4) is 0 Å². The smallest absolute Gasteiger partial charge is 0.00889 e. The Morgan fingerprint density at radius 3 is 2.76 bits per heavy atom. The van der Waals surface area contributed by atoms with Gasteiger partial charge in [-0.15, -0.1) is 0 Å². The van der Waals surface area contributed by atoms with E-state index in [2.05, 4.69) is 42.2 Å². The molecule has 2 rings (SSSR count). The van der Waals surface area contributed by atoms with E-state index in [4.69, 9.17) is 5.73 Å². The molecule has 0 aromatic heterocycles. The molecule has 0 aliphatic carbocycles. The Hall–Kier alpha value is -0.860. The second-order valence-electron chi connectivity index (χ2n) is 5.32. The van der Waals surface area contributed by atoms with Crippen molar-refractivity contribution in [1.82, 2.24) is 4.90 Å². The normalized spacial score (nSPS) is 26.0. The summed E-state index contributed by atoms with van der Waals surface area (Å²) in [6, 6.07) is 11.2. The van der Waals surface area contributed by atoms with Gasteiger partial charge in [-0.25, -0.2) is 0 Å². The van der Waals surface area contributed by atoms with Crippen LogP contribution in [0.2, 0.25) is 0 Å². The number of nitrogens with zero attached hydrogens (tertiary/aromatic N) is 1. The van der Waals surface area contributed by atoms with Gasteiger partial charge < -0.3 is 10.6 Å². The van der Waals surface area contributed by atoms with Crippen LogP contribution in [-0.2, 0) is 6.42 Å². The number of aryl methyl sites for hydroxylation is 1. The third-order valence-corrected chi connectivity index (χ3v) is 3.84. The largest absolute Gasteiger partial charge is 0.327 e. The first-order valence-corrected chi connectivity index (χ1v) is 6.77. The van der Waals surface area contributed by atoms with Crippen LogP contribution in [0.4, 0.5) is 0 Å². The molecule has 1 heterocycles. The lowest BCUT2D eigenvalue weighted by molar-refractivity contribution is 0.163. The molecule has 1 aliphatic rings. The monoisotopic (exact) mass is 232 g/mol. The maximum absolute atomic E-state index is 6.03. The predicted octanol–water partition coefficient (Wildman–Crippen LogP) is 2.29. The van der Waals surface area contributed by atoms with Crippen molar-refractivity contribution in [2.75, 3.05) is 19.6 Å². The quantitative estimate of drug-likeness (QED) is 0.863. The minimum Gasteiger partial charge on any atom is -0.327 e. The fourth-order valence-corrected chi connectivity index (χ4v) is 2.60. The van der Waals surface area contributed by atoms with Crippen LogP contribution in [0, 0.1) is 5.92 Å². The number of hydrogen-bond donors (Lipinski definition) is 1. The Morgan fingerprint density at radius 2 is 2.06 bits per heavy atom. The highest BCUT2D eigenvalue weighted by Gasteiger charge is 2.22. The van der Waals surface area contributed by atoms with Crippen LogP contribution < -0.4 is 5.73 Å². The lowest BCUT2D eigenvalue weighted by Crippen LogP contribution is -2.46. The molecule has 2 N–H and O–H groups in total. The van der Waals surface area contributed by atoms with Crippen LogP contribution in [0.15, 0.2) is 30.3 Å². The highest BCUT2D eigenvalue weighted by molar-refractivity contribution is 5.14. The summed E-state index contributed by atoms with van der Waals surface area (Å²) in [6.07, 6.45) is 3.61. The van der Waals surface area contributed by atoms with Gasteiger partial charge in [0.1, 0.15) is 0 Å². The molecule has 2 heteroatoms. The van der Waals surface area contributed by atoms with Crippen LogP contribution in [0.1, 0.15) is 25.3 Å². The summed E-state index contributed by atoms with van der Waals surface area (Å²) in [6.45, 7) is 5.84. The first kappa shape index (κ1) is 12.6. The standard InChI is InChI=1S/C15H24N2/c1-13-12-17(11-9-15(13)16)10-5-8-14-6-3-2-4-7-14/h2-4,6-7,13,15H,5,8-12,16H2,1H3. The highest BCUT2D eigenvalue weighted by Crippen LogP contribution is 2.15. The zero-order valence-corrected chi connectivity index (χ0v) is 10.8. The minimum atomic E-state index is 0.417. The van der Waals surface area contributed by atoms with Crippen molar-refractivity contribution in [1.29, 1.82) is 0 Å². The summed E-state index contributed by atoms with van der Waals surface area (Å²) >= 11 is 0. The van der Waals surface area contributed by atoms with E-state index >= 15 is 0 Å². The van der Waals surface area contributed by atoms with Gasteiger partial charge in [0.25, 0.3) is 0 Å². The van der Waals surface area contributed by atoms with Crippen LogP contribution >= 0.6 is 0 Å². The van der Waals surface area contributed by atoms with Gasteiger partial charge in [0, 0.05) is 12.6 Å². The average molecular weight is 232 g/mol. The Morgan fingerprint density at radius 1 is 1.29 bits per heavy atom. The predicted molar refractivity (Wildman–Crippen MR) is 73.0 cm³/mol. The van der Waals surface area contributed by atoms with Gasteiger partial charge in [-0.1, -0.05) is 37.3 Å². The summed E-state index contributed by atoms with van der Waals surface area (Å²) in [5, 5.41) is 0. The van der Waals surface area contributed by atoms with Gasteiger partial charge in [0.15, 0.2) is 0 Å². The molecular weight excluding hydrogens is 208 g/mol. The van der Waals surface area contributed by atoms with E-state index in [9.17, 15) is 0 Å². The van der Waals surface area contributed by atoms with E-state index < -0.39 is 0 Å². The first-order valence-electron chi connectivity index (χ1n) is 6.77. The zero-order chi connectivity index (χ0) is 12.1. The SMILES string of the molecule is CC1CN(CCCc2ccccc2)CCC1N. The molecule has 0 radical (unpaired) electrons. The van der Waals surface area contributed by atoms with Crippen molar-refractivity contribution in [3.63, 3.8) is 0 Å². The van der Waals surface area contributed by atoms with Gasteiger partial charge in [0.05, 0.1) is 0 Å².